The number of rotatable bonds is 9. The first-order valence-corrected chi connectivity index (χ1v) is 9.61. The summed E-state index contributed by atoms with van der Waals surface area (Å²) in [6.45, 7) is 2.84. The van der Waals surface area contributed by atoms with E-state index >= 15 is 0 Å². The predicted octanol–water partition coefficient (Wildman–Crippen LogP) is 3.37. The summed E-state index contributed by atoms with van der Waals surface area (Å²) in [6.07, 6.45) is 5.58. The van der Waals surface area contributed by atoms with E-state index in [0.29, 0.717) is 24.7 Å². The number of hydrogen-bond acceptors (Lipinski definition) is 5. The van der Waals surface area contributed by atoms with Gasteiger partial charge in [0.1, 0.15) is 12.4 Å². The van der Waals surface area contributed by atoms with Gasteiger partial charge in [0.15, 0.2) is 0 Å². The van der Waals surface area contributed by atoms with Gasteiger partial charge in [0, 0.05) is 55.8 Å². The van der Waals surface area contributed by atoms with Crippen LogP contribution in [0.5, 0.6) is 5.75 Å². The molecule has 0 spiro atoms. The third-order valence-electron chi connectivity index (χ3n) is 4.33. The maximum atomic E-state index is 6.36. The third kappa shape index (κ3) is 5.32. The Morgan fingerprint density at radius 1 is 1.14 bits per heavy atom. The summed E-state index contributed by atoms with van der Waals surface area (Å²) in [4.78, 5) is 6.27. The van der Waals surface area contributed by atoms with E-state index in [1.54, 1.807) is 12.4 Å². The van der Waals surface area contributed by atoms with Crippen molar-refractivity contribution in [3.05, 3.63) is 65.1 Å². The summed E-state index contributed by atoms with van der Waals surface area (Å²) in [7, 11) is 5.97. The lowest BCUT2D eigenvalue weighted by Crippen LogP contribution is -2.20. The van der Waals surface area contributed by atoms with Crippen LogP contribution in [-0.2, 0) is 20.1 Å². The third-order valence-corrected chi connectivity index (χ3v) is 4.66. The first kappa shape index (κ1) is 20.3. The van der Waals surface area contributed by atoms with E-state index in [1.165, 1.54) is 0 Å². The van der Waals surface area contributed by atoms with Gasteiger partial charge >= 0.3 is 0 Å². The molecule has 0 amide bonds. The van der Waals surface area contributed by atoms with E-state index in [9.17, 15) is 0 Å². The van der Waals surface area contributed by atoms with E-state index in [1.807, 2.05) is 62.4 Å². The van der Waals surface area contributed by atoms with Crippen molar-refractivity contribution < 1.29 is 4.74 Å². The van der Waals surface area contributed by atoms with E-state index in [2.05, 4.69) is 20.3 Å². The summed E-state index contributed by atoms with van der Waals surface area (Å²) in [5, 5.41) is 8.78. The number of aromatic nitrogens is 3. The molecular formula is C21H26ClN5O. The van der Waals surface area contributed by atoms with Gasteiger partial charge in [-0.05, 0) is 26.2 Å². The van der Waals surface area contributed by atoms with Gasteiger partial charge < -0.3 is 15.0 Å². The maximum absolute atomic E-state index is 6.36. The van der Waals surface area contributed by atoms with Crippen LogP contribution < -0.4 is 10.1 Å². The van der Waals surface area contributed by atoms with Crippen LogP contribution in [0.1, 0.15) is 11.1 Å². The molecule has 0 atom stereocenters. The van der Waals surface area contributed by atoms with Crippen molar-refractivity contribution in [2.24, 2.45) is 7.05 Å². The second-order valence-electron chi connectivity index (χ2n) is 6.90. The van der Waals surface area contributed by atoms with Gasteiger partial charge in [0.25, 0.3) is 0 Å². The molecule has 3 rings (SSSR count). The number of pyridine rings is 1. The van der Waals surface area contributed by atoms with Gasteiger partial charge in [-0.1, -0.05) is 29.8 Å². The number of benzene rings is 1. The largest absolute Gasteiger partial charge is 0.490 e. The number of ether oxygens (including phenoxy) is 1. The highest BCUT2D eigenvalue weighted by molar-refractivity contribution is 6.33. The normalized spacial score (nSPS) is 11.2. The Labute approximate surface area is 171 Å². The molecule has 0 aliphatic heterocycles. The minimum absolute atomic E-state index is 0.630. The maximum Gasteiger partial charge on any atom is 0.142 e. The molecule has 0 unspecified atom stereocenters. The van der Waals surface area contributed by atoms with Crippen LogP contribution in [0.15, 0.2) is 48.9 Å². The molecule has 2 heterocycles. The Morgan fingerprint density at radius 3 is 2.71 bits per heavy atom. The van der Waals surface area contributed by atoms with Crippen LogP contribution in [0.25, 0.3) is 11.3 Å². The Balaban J connectivity index is 1.66. The molecule has 3 aromatic rings. The first-order chi connectivity index (χ1) is 13.5. The van der Waals surface area contributed by atoms with Crippen molar-refractivity contribution in [3.63, 3.8) is 0 Å². The van der Waals surface area contributed by atoms with Gasteiger partial charge in [-0.25, -0.2) is 0 Å². The molecule has 1 aromatic carbocycles. The monoisotopic (exact) mass is 399 g/mol. The summed E-state index contributed by atoms with van der Waals surface area (Å²) in [5.41, 5.74) is 4.02. The molecule has 28 heavy (non-hydrogen) atoms. The lowest BCUT2D eigenvalue weighted by Gasteiger charge is -2.14. The van der Waals surface area contributed by atoms with Crippen molar-refractivity contribution in [3.8, 4) is 17.0 Å². The van der Waals surface area contributed by atoms with Crippen molar-refractivity contribution in [2.75, 3.05) is 27.2 Å². The average molecular weight is 400 g/mol. The lowest BCUT2D eigenvalue weighted by molar-refractivity contribution is 0.258. The molecule has 0 aliphatic rings. The van der Waals surface area contributed by atoms with Crippen molar-refractivity contribution in [1.82, 2.24) is 25.0 Å². The first-order valence-electron chi connectivity index (χ1n) is 9.23. The number of aryl methyl sites for hydroxylation is 1. The van der Waals surface area contributed by atoms with E-state index < -0.39 is 0 Å². The Bertz CT molecular complexity index is 909. The van der Waals surface area contributed by atoms with Crippen LogP contribution >= 0.6 is 11.6 Å². The summed E-state index contributed by atoms with van der Waals surface area (Å²) < 4.78 is 7.70. The second kappa shape index (κ2) is 9.68. The van der Waals surface area contributed by atoms with E-state index in [0.717, 1.165) is 34.7 Å². The smallest absolute Gasteiger partial charge is 0.142 e. The molecule has 148 valence electrons. The Morgan fingerprint density at radius 2 is 1.93 bits per heavy atom. The average Bonchev–Trinajstić information content (AvgIpc) is 3.03. The number of halogens is 1. The summed E-state index contributed by atoms with van der Waals surface area (Å²) in [6, 6.07) is 9.76. The zero-order valence-electron chi connectivity index (χ0n) is 16.5. The van der Waals surface area contributed by atoms with E-state index in [-0.39, 0.29) is 0 Å². The Kier molecular flexibility index (Phi) is 7.03. The van der Waals surface area contributed by atoms with Crippen LogP contribution in [0, 0.1) is 0 Å². The van der Waals surface area contributed by atoms with Crippen LogP contribution in [0.2, 0.25) is 5.02 Å². The fourth-order valence-electron chi connectivity index (χ4n) is 2.90. The number of hydrogen-bond donors (Lipinski definition) is 1. The minimum atomic E-state index is 0.630. The molecule has 1 N–H and O–H groups in total. The standard InChI is InChI=1S/C21H26ClN5O/c1-26(2)10-11-28-20-14-23-9-8-16(20)12-24-13-17-15-27(3)25-21(17)18-6-4-5-7-19(18)22/h4-9,14-15,24H,10-13H2,1-3H3. The molecule has 0 bridgehead atoms. The Hall–Kier alpha value is -2.41. The fourth-order valence-corrected chi connectivity index (χ4v) is 3.13. The van der Waals surface area contributed by atoms with Crippen molar-refractivity contribution in [1.29, 1.82) is 0 Å². The highest BCUT2D eigenvalue weighted by atomic mass is 35.5. The SMILES string of the molecule is CN(C)CCOc1cnccc1CNCc1cn(C)nc1-c1ccccc1Cl. The lowest BCUT2D eigenvalue weighted by atomic mass is 10.1. The zero-order valence-corrected chi connectivity index (χ0v) is 17.3. The molecule has 0 saturated heterocycles. The van der Waals surface area contributed by atoms with Crippen LogP contribution in [0.4, 0.5) is 0 Å². The molecule has 0 aliphatic carbocycles. The van der Waals surface area contributed by atoms with Gasteiger partial charge in [-0.15, -0.1) is 0 Å². The molecule has 0 radical (unpaired) electrons. The highest BCUT2D eigenvalue weighted by Crippen LogP contribution is 2.29. The molecule has 6 nitrogen and oxygen atoms in total. The minimum Gasteiger partial charge on any atom is -0.490 e. The molecule has 0 saturated carbocycles. The molecule has 7 heteroatoms. The topological polar surface area (TPSA) is 55.2 Å². The molecule has 0 fully saturated rings. The predicted molar refractivity (Wildman–Crippen MR) is 112 cm³/mol. The van der Waals surface area contributed by atoms with Crippen molar-refractivity contribution >= 4 is 11.6 Å². The summed E-state index contributed by atoms with van der Waals surface area (Å²) >= 11 is 6.36. The molecular weight excluding hydrogens is 374 g/mol. The highest BCUT2D eigenvalue weighted by Gasteiger charge is 2.13. The van der Waals surface area contributed by atoms with Crippen molar-refractivity contribution in [2.45, 2.75) is 13.1 Å². The quantitative estimate of drug-likeness (QED) is 0.598. The van der Waals surface area contributed by atoms with Crippen LogP contribution in [-0.4, -0.2) is 46.9 Å². The number of nitrogens with zero attached hydrogens (tertiary/aromatic N) is 4. The molecule has 2 aromatic heterocycles. The van der Waals surface area contributed by atoms with Crippen LogP contribution in [0.3, 0.4) is 0 Å². The summed E-state index contributed by atoms with van der Waals surface area (Å²) in [5.74, 6) is 0.814. The van der Waals surface area contributed by atoms with Gasteiger partial charge in [-0.3, -0.25) is 9.67 Å². The van der Waals surface area contributed by atoms with Gasteiger partial charge in [0.2, 0.25) is 0 Å². The fraction of sp³-hybridized carbons (Fsp3) is 0.333. The second-order valence-corrected chi connectivity index (χ2v) is 7.30. The van der Waals surface area contributed by atoms with Gasteiger partial charge in [0.05, 0.1) is 16.9 Å². The zero-order chi connectivity index (χ0) is 19.9. The number of likely N-dealkylation sites (N-methyl/N-ethyl adjacent to an activating group) is 1. The number of nitrogens with one attached hydrogen (secondary N) is 1. The van der Waals surface area contributed by atoms with E-state index in [4.69, 9.17) is 16.3 Å². The van der Waals surface area contributed by atoms with Gasteiger partial charge in [-0.2, -0.15) is 5.10 Å².